The predicted molar refractivity (Wildman–Crippen MR) is 135 cm³/mol. The molecule has 1 aromatic carbocycles. The summed E-state index contributed by atoms with van der Waals surface area (Å²) >= 11 is 0. The number of para-hydroxylation sites is 1. The Morgan fingerprint density at radius 1 is 1.18 bits per heavy atom. The first-order valence-electron chi connectivity index (χ1n) is 12.6. The van der Waals surface area contributed by atoms with Crippen molar-refractivity contribution in [2.75, 3.05) is 20.2 Å². The van der Waals surface area contributed by atoms with Crippen LogP contribution in [0.1, 0.15) is 91.4 Å². The van der Waals surface area contributed by atoms with Crippen LogP contribution in [0.4, 0.5) is 4.79 Å². The summed E-state index contributed by atoms with van der Waals surface area (Å²) in [6.07, 6.45) is 5.18. The van der Waals surface area contributed by atoms with Gasteiger partial charge in [-0.1, -0.05) is 39.3 Å². The Kier molecular flexibility index (Phi) is 8.03. The van der Waals surface area contributed by atoms with Crippen LogP contribution >= 0.6 is 0 Å². The van der Waals surface area contributed by atoms with Crippen molar-refractivity contribution in [2.45, 2.75) is 96.9 Å². The topological polar surface area (TPSA) is 72.1 Å². The number of carbonyl (C=O) groups excluding carboxylic acids is 1. The minimum atomic E-state index is -1.40. The highest BCUT2D eigenvalue weighted by atomic mass is 16.6. The molecule has 2 aromatic rings. The van der Waals surface area contributed by atoms with Gasteiger partial charge in [0.25, 0.3) is 0 Å². The van der Waals surface area contributed by atoms with E-state index in [2.05, 4.69) is 26.8 Å². The molecule has 6 nitrogen and oxygen atoms in total. The van der Waals surface area contributed by atoms with Crippen LogP contribution in [0.3, 0.4) is 0 Å². The first-order chi connectivity index (χ1) is 15.8. The van der Waals surface area contributed by atoms with Crippen LogP contribution in [0.5, 0.6) is 0 Å². The van der Waals surface area contributed by atoms with Gasteiger partial charge in [-0.3, -0.25) is 0 Å². The van der Waals surface area contributed by atoms with Crippen molar-refractivity contribution >= 4 is 17.1 Å². The van der Waals surface area contributed by atoms with Crippen LogP contribution in [0.15, 0.2) is 28.7 Å². The highest BCUT2D eigenvalue weighted by Crippen LogP contribution is 2.38. The molecule has 1 aromatic heterocycles. The van der Waals surface area contributed by atoms with Crippen LogP contribution in [0.25, 0.3) is 11.0 Å². The molecule has 1 aliphatic rings. The van der Waals surface area contributed by atoms with E-state index in [9.17, 15) is 9.90 Å². The van der Waals surface area contributed by atoms with Crippen LogP contribution in [0, 0.1) is 5.92 Å². The molecule has 2 unspecified atom stereocenters. The number of carbonyl (C=O) groups is 1. The molecule has 2 atom stereocenters. The lowest BCUT2D eigenvalue weighted by molar-refractivity contribution is -0.199. The number of aliphatic hydroxyl groups is 1. The number of unbranched alkanes of at least 4 members (excludes halogenated alkanes) is 1. The molecule has 34 heavy (non-hydrogen) atoms. The lowest BCUT2D eigenvalue weighted by atomic mass is 9.91. The van der Waals surface area contributed by atoms with Gasteiger partial charge < -0.3 is 23.9 Å². The van der Waals surface area contributed by atoms with Crippen molar-refractivity contribution in [3.8, 4) is 0 Å². The number of methoxy groups -OCH3 is 1. The number of ether oxygens (including phenoxy) is 2. The lowest BCUT2D eigenvalue weighted by Crippen LogP contribution is -2.42. The summed E-state index contributed by atoms with van der Waals surface area (Å²) < 4.78 is 17.4. The summed E-state index contributed by atoms with van der Waals surface area (Å²) in [6.45, 7) is 13.5. The highest BCUT2D eigenvalue weighted by molar-refractivity contribution is 5.82. The van der Waals surface area contributed by atoms with E-state index < -0.39 is 11.4 Å². The quantitative estimate of drug-likeness (QED) is 0.356. The molecule has 2 heterocycles. The summed E-state index contributed by atoms with van der Waals surface area (Å²) in [7, 11) is 1.55. The van der Waals surface area contributed by atoms with Gasteiger partial charge in [-0.2, -0.15) is 0 Å². The lowest BCUT2D eigenvalue weighted by Gasteiger charge is -2.34. The zero-order valence-electron chi connectivity index (χ0n) is 22.1. The SMILES string of the molecule is COC(O)(CCCCC1CCCN(C(=O)OC(C)(C)C)C1)c1cccc2cc(C(C)(C)C)oc12. The number of piperidine rings is 1. The van der Waals surface area contributed by atoms with Gasteiger partial charge in [0.15, 0.2) is 5.79 Å². The van der Waals surface area contributed by atoms with E-state index >= 15 is 0 Å². The van der Waals surface area contributed by atoms with Gasteiger partial charge in [-0.25, -0.2) is 4.79 Å². The summed E-state index contributed by atoms with van der Waals surface area (Å²) in [4.78, 5) is 14.3. The fourth-order valence-electron chi connectivity index (χ4n) is 4.68. The number of likely N-dealkylation sites (tertiary alicyclic amines) is 1. The van der Waals surface area contributed by atoms with Gasteiger partial charge in [0.2, 0.25) is 0 Å². The molecule has 0 radical (unpaired) electrons. The molecule has 1 amide bonds. The summed E-state index contributed by atoms with van der Waals surface area (Å²) in [5.41, 5.74) is 0.780. The fourth-order valence-corrected chi connectivity index (χ4v) is 4.68. The number of hydrogen-bond acceptors (Lipinski definition) is 5. The maximum atomic E-state index is 12.4. The average molecular weight is 474 g/mol. The molecule has 190 valence electrons. The molecule has 3 rings (SSSR count). The monoisotopic (exact) mass is 473 g/mol. The van der Waals surface area contributed by atoms with Crippen LogP contribution in [-0.2, 0) is 20.7 Å². The van der Waals surface area contributed by atoms with Gasteiger partial charge in [-0.05, 0) is 64.5 Å². The molecule has 1 saturated heterocycles. The van der Waals surface area contributed by atoms with Crippen molar-refractivity contribution in [3.05, 3.63) is 35.6 Å². The van der Waals surface area contributed by atoms with Gasteiger partial charge in [0.05, 0.1) is 5.56 Å². The first kappa shape index (κ1) is 26.6. The van der Waals surface area contributed by atoms with Crippen molar-refractivity contribution in [1.29, 1.82) is 0 Å². The zero-order valence-corrected chi connectivity index (χ0v) is 22.1. The van der Waals surface area contributed by atoms with Crippen molar-refractivity contribution in [3.63, 3.8) is 0 Å². The Balaban J connectivity index is 1.59. The maximum absolute atomic E-state index is 12.4. The van der Waals surface area contributed by atoms with Gasteiger partial charge in [0.1, 0.15) is 16.9 Å². The van der Waals surface area contributed by atoms with Crippen molar-refractivity contribution < 1.29 is 23.8 Å². The second-order valence-electron chi connectivity index (χ2n) is 11.8. The van der Waals surface area contributed by atoms with Crippen molar-refractivity contribution in [1.82, 2.24) is 4.90 Å². The Bertz CT molecular complexity index is 967. The third-order valence-corrected chi connectivity index (χ3v) is 6.59. The second kappa shape index (κ2) is 10.3. The highest BCUT2D eigenvalue weighted by Gasteiger charge is 2.33. The molecule has 0 bridgehead atoms. The number of rotatable bonds is 7. The van der Waals surface area contributed by atoms with Crippen LogP contribution < -0.4 is 0 Å². The molecule has 6 heteroatoms. The minimum absolute atomic E-state index is 0.116. The summed E-state index contributed by atoms with van der Waals surface area (Å²) in [6, 6.07) is 7.89. The van der Waals surface area contributed by atoms with Gasteiger partial charge in [0, 0.05) is 37.4 Å². The van der Waals surface area contributed by atoms with E-state index in [0.29, 0.717) is 23.5 Å². The number of hydrogen-bond donors (Lipinski definition) is 1. The summed E-state index contributed by atoms with van der Waals surface area (Å²) in [5, 5.41) is 12.4. The molecular weight excluding hydrogens is 430 g/mol. The van der Waals surface area contributed by atoms with E-state index in [4.69, 9.17) is 13.9 Å². The fraction of sp³-hybridized carbons (Fsp3) is 0.679. The van der Waals surface area contributed by atoms with E-state index in [0.717, 1.165) is 56.3 Å². The largest absolute Gasteiger partial charge is 0.460 e. The molecule has 1 aliphatic heterocycles. The minimum Gasteiger partial charge on any atom is -0.460 e. The Morgan fingerprint density at radius 2 is 1.91 bits per heavy atom. The van der Waals surface area contributed by atoms with Gasteiger partial charge in [-0.15, -0.1) is 0 Å². The number of furan rings is 1. The third kappa shape index (κ3) is 6.54. The van der Waals surface area contributed by atoms with E-state index in [1.54, 1.807) is 7.11 Å². The third-order valence-electron chi connectivity index (χ3n) is 6.59. The number of nitrogens with zero attached hydrogens (tertiary/aromatic N) is 1. The smallest absolute Gasteiger partial charge is 0.410 e. The predicted octanol–water partition coefficient (Wildman–Crippen LogP) is 6.73. The second-order valence-corrected chi connectivity index (χ2v) is 11.8. The van der Waals surface area contributed by atoms with E-state index in [1.165, 1.54) is 0 Å². The molecule has 1 fully saturated rings. The molecule has 1 N–H and O–H groups in total. The zero-order chi connectivity index (χ0) is 25.1. The molecule has 0 saturated carbocycles. The normalized spacial score (nSPS) is 19.3. The Hall–Kier alpha value is -2.05. The molecular formula is C28H43NO5. The van der Waals surface area contributed by atoms with Crippen molar-refractivity contribution in [2.24, 2.45) is 5.92 Å². The molecule has 0 spiro atoms. The first-order valence-corrected chi connectivity index (χ1v) is 12.6. The molecule has 0 aliphatic carbocycles. The number of fused-ring (bicyclic) bond motifs is 1. The Labute approximate surface area is 204 Å². The van der Waals surface area contributed by atoms with E-state index in [1.807, 2.05) is 43.9 Å². The Morgan fingerprint density at radius 3 is 2.56 bits per heavy atom. The number of amides is 1. The van der Waals surface area contributed by atoms with Crippen LogP contribution in [0.2, 0.25) is 0 Å². The maximum Gasteiger partial charge on any atom is 0.410 e. The van der Waals surface area contributed by atoms with Crippen LogP contribution in [-0.4, -0.2) is 41.9 Å². The van der Waals surface area contributed by atoms with E-state index in [-0.39, 0.29) is 11.5 Å². The number of benzene rings is 1. The average Bonchev–Trinajstić information content (AvgIpc) is 3.21. The summed E-state index contributed by atoms with van der Waals surface area (Å²) in [5.74, 6) is -0.0539. The standard InChI is InChI=1S/C28H43NO5/c1-26(2,3)23-18-21-14-10-15-22(24(21)33-23)28(31,32-7)16-9-8-12-20-13-11-17-29(19-20)25(30)34-27(4,5)6/h10,14-15,18,20,31H,8-9,11-13,16-17,19H2,1-7H3. The van der Waals surface area contributed by atoms with Gasteiger partial charge >= 0.3 is 6.09 Å².